The van der Waals surface area contributed by atoms with Gasteiger partial charge in [-0.1, -0.05) is 6.07 Å². The van der Waals surface area contributed by atoms with Crippen molar-refractivity contribution in [3.63, 3.8) is 0 Å². The molecular formula is C17H28N4. The number of pyridine rings is 1. The van der Waals surface area contributed by atoms with Crippen LogP contribution in [0, 0.1) is 13.8 Å². The van der Waals surface area contributed by atoms with Gasteiger partial charge in [0.1, 0.15) is 0 Å². The van der Waals surface area contributed by atoms with E-state index in [1.54, 1.807) is 0 Å². The van der Waals surface area contributed by atoms with Gasteiger partial charge in [-0.2, -0.15) is 0 Å². The van der Waals surface area contributed by atoms with Crippen LogP contribution in [-0.2, 0) is 6.54 Å². The minimum Gasteiger partial charge on any atom is -0.303 e. The van der Waals surface area contributed by atoms with Gasteiger partial charge in [0, 0.05) is 62.7 Å². The average molecular weight is 288 g/mol. The van der Waals surface area contributed by atoms with Crippen LogP contribution in [0.5, 0.6) is 0 Å². The Balaban J connectivity index is 1.66. The Bertz CT molecular complexity index is 502. The summed E-state index contributed by atoms with van der Waals surface area (Å²) in [6.07, 6.45) is 0. The second kappa shape index (κ2) is 6.03. The largest absolute Gasteiger partial charge is 0.303 e. The molecule has 0 bridgehead atoms. The number of likely N-dealkylation sites (N-methyl/N-ethyl adjacent to an activating group) is 1. The van der Waals surface area contributed by atoms with E-state index in [2.05, 4.69) is 59.6 Å². The lowest BCUT2D eigenvalue weighted by Gasteiger charge is -2.50. The van der Waals surface area contributed by atoms with Crippen LogP contribution in [-0.4, -0.2) is 71.5 Å². The smallest absolute Gasteiger partial charge is 0.0420 e. The number of fused-ring (bicyclic) bond motifs is 1. The number of nitrogens with zero attached hydrogens (tertiary/aromatic N) is 4. The lowest BCUT2D eigenvalue weighted by molar-refractivity contribution is -0.0149. The minimum absolute atomic E-state index is 0.686. The number of aryl methyl sites for hydroxylation is 2. The topological polar surface area (TPSA) is 22.6 Å². The van der Waals surface area contributed by atoms with E-state index in [0.717, 1.165) is 12.2 Å². The van der Waals surface area contributed by atoms with Crippen molar-refractivity contribution in [1.82, 2.24) is 19.7 Å². The van der Waals surface area contributed by atoms with Crippen molar-refractivity contribution in [2.75, 3.05) is 39.8 Å². The van der Waals surface area contributed by atoms with Crippen LogP contribution in [0.25, 0.3) is 0 Å². The molecule has 4 heteroatoms. The molecule has 2 aliphatic rings. The minimum atomic E-state index is 0.686. The van der Waals surface area contributed by atoms with Crippen molar-refractivity contribution >= 4 is 0 Å². The monoisotopic (exact) mass is 288 g/mol. The summed E-state index contributed by atoms with van der Waals surface area (Å²) in [5, 5.41) is 0. The van der Waals surface area contributed by atoms with Gasteiger partial charge < -0.3 is 4.90 Å². The zero-order valence-corrected chi connectivity index (χ0v) is 13.8. The first-order chi connectivity index (χ1) is 10.0. The maximum absolute atomic E-state index is 4.60. The molecule has 0 aromatic carbocycles. The summed E-state index contributed by atoms with van der Waals surface area (Å²) in [5.74, 6) is 0. The first-order valence-electron chi connectivity index (χ1n) is 8.12. The number of hydrogen-bond acceptors (Lipinski definition) is 4. The Hall–Kier alpha value is -0.970. The maximum Gasteiger partial charge on any atom is 0.0420 e. The van der Waals surface area contributed by atoms with Gasteiger partial charge in [-0.3, -0.25) is 14.8 Å². The zero-order valence-electron chi connectivity index (χ0n) is 13.8. The van der Waals surface area contributed by atoms with E-state index in [1.165, 1.54) is 44.0 Å². The first kappa shape index (κ1) is 14.9. The van der Waals surface area contributed by atoms with Crippen molar-refractivity contribution in [3.8, 4) is 0 Å². The molecule has 0 amide bonds. The second-order valence-electron chi connectivity index (χ2n) is 6.89. The van der Waals surface area contributed by atoms with Crippen LogP contribution in [0.3, 0.4) is 0 Å². The highest BCUT2D eigenvalue weighted by Gasteiger charge is 2.34. The SMILES string of the molecule is Cc1ccc(CN2CCN3C(C)CN(C)CC3C2)c(C)n1. The molecule has 4 nitrogen and oxygen atoms in total. The molecule has 1 aromatic heterocycles. The van der Waals surface area contributed by atoms with E-state index in [1.807, 2.05) is 0 Å². The Labute approximate surface area is 128 Å². The molecule has 2 unspecified atom stereocenters. The predicted molar refractivity (Wildman–Crippen MR) is 86.4 cm³/mol. The second-order valence-corrected chi connectivity index (χ2v) is 6.89. The highest BCUT2D eigenvalue weighted by atomic mass is 15.4. The molecule has 3 heterocycles. The molecule has 0 saturated carbocycles. The van der Waals surface area contributed by atoms with Gasteiger partial charge >= 0.3 is 0 Å². The summed E-state index contributed by atoms with van der Waals surface area (Å²) in [6, 6.07) is 5.76. The molecule has 0 N–H and O–H groups in total. The molecule has 21 heavy (non-hydrogen) atoms. The van der Waals surface area contributed by atoms with Crippen molar-refractivity contribution in [3.05, 3.63) is 29.1 Å². The molecule has 116 valence electrons. The molecule has 0 aliphatic carbocycles. The van der Waals surface area contributed by atoms with Gasteiger partial charge in [-0.05, 0) is 39.4 Å². The van der Waals surface area contributed by atoms with Crippen LogP contribution in [0.15, 0.2) is 12.1 Å². The van der Waals surface area contributed by atoms with Crippen molar-refractivity contribution < 1.29 is 0 Å². The summed E-state index contributed by atoms with van der Waals surface area (Å²) < 4.78 is 0. The molecule has 1 aromatic rings. The Kier molecular flexibility index (Phi) is 4.29. The fourth-order valence-corrected chi connectivity index (χ4v) is 3.93. The van der Waals surface area contributed by atoms with E-state index >= 15 is 0 Å². The summed E-state index contributed by atoms with van der Waals surface area (Å²) in [6.45, 7) is 13.6. The fourth-order valence-electron chi connectivity index (χ4n) is 3.93. The van der Waals surface area contributed by atoms with Gasteiger partial charge in [0.2, 0.25) is 0 Å². The Morgan fingerprint density at radius 1 is 1.14 bits per heavy atom. The average Bonchev–Trinajstić information content (AvgIpc) is 2.41. The number of hydrogen-bond donors (Lipinski definition) is 0. The maximum atomic E-state index is 4.60. The summed E-state index contributed by atoms with van der Waals surface area (Å²) in [7, 11) is 2.25. The summed E-state index contributed by atoms with van der Waals surface area (Å²) in [4.78, 5) is 12.4. The van der Waals surface area contributed by atoms with Gasteiger partial charge in [0.15, 0.2) is 0 Å². The molecule has 2 fully saturated rings. The van der Waals surface area contributed by atoms with Crippen molar-refractivity contribution in [2.45, 2.75) is 39.4 Å². The van der Waals surface area contributed by atoms with Crippen molar-refractivity contribution in [1.29, 1.82) is 0 Å². The summed E-state index contributed by atoms with van der Waals surface area (Å²) >= 11 is 0. The van der Waals surface area contributed by atoms with Gasteiger partial charge in [-0.25, -0.2) is 0 Å². The Morgan fingerprint density at radius 3 is 2.71 bits per heavy atom. The quantitative estimate of drug-likeness (QED) is 0.823. The van der Waals surface area contributed by atoms with Crippen molar-refractivity contribution in [2.24, 2.45) is 0 Å². The number of rotatable bonds is 2. The van der Waals surface area contributed by atoms with Gasteiger partial charge in [0.25, 0.3) is 0 Å². The third-order valence-corrected chi connectivity index (χ3v) is 5.01. The van der Waals surface area contributed by atoms with E-state index < -0.39 is 0 Å². The number of aromatic nitrogens is 1. The molecule has 0 spiro atoms. The fraction of sp³-hybridized carbons (Fsp3) is 0.706. The normalized spacial score (nSPS) is 28.6. The molecule has 2 aliphatic heterocycles. The van der Waals surface area contributed by atoms with Crippen LogP contribution in [0.1, 0.15) is 23.9 Å². The predicted octanol–water partition coefficient (Wildman–Crippen LogP) is 1.52. The van der Waals surface area contributed by atoms with Crippen LogP contribution in [0.2, 0.25) is 0 Å². The molecule has 0 radical (unpaired) electrons. The first-order valence-corrected chi connectivity index (χ1v) is 8.12. The van der Waals surface area contributed by atoms with Gasteiger partial charge in [0.05, 0.1) is 0 Å². The third kappa shape index (κ3) is 3.28. The molecule has 3 rings (SSSR count). The standard InChI is InChI=1S/C17H28N4/c1-13-5-6-16(15(3)18-13)10-20-7-8-21-14(2)9-19(4)11-17(21)12-20/h5-6,14,17H,7-12H2,1-4H3. The van der Waals surface area contributed by atoms with E-state index in [4.69, 9.17) is 0 Å². The highest BCUT2D eigenvalue weighted by molar-refractivity contribution is 5.21. The third-order valence-electron chi connectivity index (χ3n) is 5.01. The lowest BCUT2D eigenvalue weighted by Crippen LogP contribution is -2.64. The molecular weight excluding hydrogens is 260 g/mol. The van der Waals surface area contributed by atoms with Crippen LogP contribution >= 0.6 is 0 Å². The van der Waals surface area contributed by atoms with E-state index in [-0.39, 0.29) is 0 Å². The van der Waals surface area contributed by atoms with E-state index in [9.17, 15) is 0 Å². The van der Waals surface area contributed by atoms with E-state index in [0.29, 0.717) is 12.1 Å². The molecule has 2 atom stereocenters. The lowest BCUT2D eigenvalue weighted by atomic mass is 10.0. The zero-order chi connectivity index (χ0) is 15.0. The molecule has 2 saturated heterocycles. The summed E-state index contributed by atoms with van der Waals surface area (Å²) in [5.41, 5.74) is 3.68. The number of piperazine rings is 2. The Morgan fingerprint density at radius 2 is 1.95 bits per heavy atom. The van der Waals surface area contributed by atoms with Gasteiger partial charge in [-0.15, -0.1) is 0 Å². The van der Waals surface area contributed by atoms with Crippen LogP contribution in [0.4, 0.5) is 0 Å². The van der Waals surface area contributed by atoms with Crippen LogP contribution < -0.4 is 0 Å². The highest BCUT2D eigenvalue weighted by Crippen LogP contribution is 2.21.